The van der Waals surface area contributed by atoms with E-state index in [4.69, 9.17) is 10.5 Å². The molecule has 0 spiro atoms. The van der Waals surface area contributed by atoms with Crippen molar-refractivity contribution >= 4 is 29.7 Å². The summed E-state index contributed by atoms with van der Waals surface area (Å²) < 4.78 is 5.35. The molecular weight excluding hydrogens is 346 g/mol. The van der Waals surface area contributed by atoms with Gasteiger partial charge in [-0.05, 0) is 12.8 Å². The SMILES string of the molecule is Cl.NCC1(C(=O)NCc2csc(-c3ccccc3)n2)CCOCC1. The van der Waals surface area contributed by atoms with Gasteiger partial charge in [0.25, 0.3) is 0 Å². The molecule has 0 unspecified atom stereocenters. The highest BCUT2D eigenvalue weighted by molar-refractivity contribution is 7.13. The Kier molecular flexibility index (Phi) is 6.74. The molecule has 24 heavy (non-hydrogen) atoms. The Morgan fingerprint density at radius 3 is 2.67 bits per heavy atom. The molecular formula is C17H22ClN3O2S. The minimum Gasteiger partial charge on any atom is -0.381 e. The summed E-state index contributed by atoms with van der Waals surface area (Å²) in [6, 6.07) is 10.0. The number of ether oxygens (including phenoxy) is 1. The van der Waals surface area contributed by atoms with Crippen LogP contribution in [0.2, 0.25) is 0 Å². The number of carbonyl (C=O) groups excluding carboxylic acids is 1. The first kappa shape index (κ1) is 18.9. The number of rotatable bonds is 5. The number of amides is 1. The topological polar surface area (TPSA) is 77.2 Å². The van der Waals surface area contributed by atoms with Gasteiger partial charge in [-0.3, -0.25) is 4.79 Å². The summed E-state index contributed by atoms with van der Waals surface area (Å²) in [7, 11) is 0. The van der Waals surface area contributed by atoms with Crippen LogP contribution in [0.15, 0.2) is 35.7 Å². The Morgan fingerprint density at radius 2 is 2.00 bits per heavy atom. The number of carbonyl (C=O) groups is 1. The first-order valence-electron chi connectivity index (χ1n) is 7.79. The lowest BCUT2D eigenvalue weighted by Crippen LogP contribution is -2.49. The maximum atomic E-state index is 12.5. The average molecular weight is 368 g/mol. The van der Waals surface area contributed by atoms with Gasteiger partial charge in [0, 0.05) is 30.7 Å². The van der Waals surface area contributed by atoms with Crippen molar-refractivity contribution in [3.8, 4) is 10.6 Å². The number of nitrogens with two attached hydrogens (primary N) is 1. The third-order valence-corrected chi connectivity index (χ3v) is 5.27. The number of hydrogen-bond donors (Lipinski definition) is 2. The van der Waals surface area contributed by atoms with Gasteiger partial charge in [-0.2, -0.15) is 0 Å². The number of benzene rings is 1. The maximum Gasteiger partial charge on any atom is 0.227 e. The van der Waals surface area contributed by atoms with Crippen LogP contribution in [0, 0.1) is 5.41 Å². The monoisotopic (exact) mass is 367 g/mol. The molecule has 130 valence electrons. The number of hydrogen-bond acceptors (Lipinski definition) is 5. The van der Waals surface area contributed by atoms with Crippen molar-refractivity contribution in [3.05, 3.63) is 41.4 Å². The van der Waals surface area contributed by atoms with Gasteiger partial charge in [0.2, 0.25) is 5.91 Å². The summed E-state index contributed by atoms with van der Waals surface area (Å²) in [5.41, 5.74) is 7.34. The van der Waals surface area contributed by atoms with Crippen LogP contribution in [0.25, 0.3) is 10.6 Å². The van der Waals surface area contributed by atoms with Crippen LogP contribution in [-0.2, 0) is 16.1 Å². The zero-order chi connectivity index (χ0) is 16.1. The Labute approximate surface area is 152 Å². The normalized spacial score (nSPS) is 16.2. The number of nitrogens with zero attached hydrogens (tertiary/aromatic N) is 1. The summed E-state index contributed by atoms with van der Waals surface area (Å²) >= 11 is 1.59. The molecule has 1 saturated heterocycles. The molecule has 0 aliphatic carbocycles. The van der Waals surface area contributed by atoms with Crippen LogP contribution in [0.4, 0.5) is 0 Å². The van der Waals surface area contributed by atoms with Crippen molar-refractivity contribution in [2.45, 2.75) is 19.4 Å². The van der Waals surface area contributed by atoms with E-state index < -0.39 is 5.41 Å². The van der Waals surface area contributed by atoms with Gasteiger partial charge >= 0.3 is 0 Å². The zero-order valence-corrected chi connectivity index (χ0v) is 15.0. The van der Waals surface area contributed by atoms with Crippen LogP contribution in [0.3, 0.4) is 0 Å². The molecule has 1 aromatic carbocycles. The number of nitrogens with one attached hydrogen (secondary N) is 1. The second-order valence-corrected chi connectivity index (χ2v) is 6.65. The predicted octanol–water partition coefficient (Wildman–Crippen LogP) is 2.60. The minimum absolute atomic E-state index is 0. The molecule has 1 aromatic heterocycles. The first-order chi connectivity index (χ1) is 11.2. The fourth-order valence-electron chi connectivity index (χ4n) is 2.75. The van der Waals surface area contributed by atoms with Gasteiger partial charge in [0.1, 0.15) is 5.01 Å². The largest absolute Gasteiger partial charge is 0.381 e. The smallest absolute Gasteiger partial charge is 0.227 e. The van der Waals surface area contributed by atoms with Crippen molar-refractivity contribution in [1.29, 1.82) is 0 Å². The van der Waals surface area contributed by atoms with Crippen molar-refractivity contribution in [3.63, 3.8) is 0 Å². The van der Waals surface area contributed by atoms with E-state index in [1.807, 2.05) is 35.7 Å². The second-order valence-electron chi connectivity index (χ2n) is 5.79. The van der Waals surface area contributed by atoms with E-state index in [1.165, 1.54) is 0 Å². The van der Waals surface area contributed by atoms with E-state index in [9.17, 15) is 4.79 Å². The molecule has 0 saturated carbocycles. The highest BCUT2D eigenvalue weighted by Crippen LogP contribution is 2.30. The first-order valence-corrected chi connectivity index (χ1v) is 8.67. The van der Waals surface area contributed by atoms with Gasteiger partial charge in [-0.15, -0.1) is 23.7 Å². The Morgan fingerprint density at radius 1 is 1.29 bits per heavy atom. The van der Waals surface area contributed by atoms with E-state index in [0.717, 1.165) is 16.3 Å². The lowest BCUT2D eigenvalue weighted by molar-refractivity contribution is -0.136. The molecule has 2 aromatic rings. The van der Waals surface area contributed by atoms with Gasteiger partial charge in [0.05, 0.1) is 17.7 Å². The molecule has 3 N–H and O–H groups in total. The minimum atomic E-state index is -0.490. The van der Waals surface area contributed by atoms with Crippen LogP contribution in [-0.4, -0.2) is 30.6 Å². The van der Waals surface area contributed by atoms with Crippen LogP contribution < -0.4 is 11.1 Å². The fraction of sp³-hybridized carbons (Fsp3) is 0.412. The van der Waals surface area contributed by atoms with Crippen molar-refractivity contribution in [2.24, 2.45) is 11.1 Å². The van der Waals surface area contributed by atoms with Crippen molar-refractivity contribution in [1.82, 2.24) is 10.3 Å². The molecule has 1 aliphatic rings. The zero-order valence-electron chi connectivity index (χ0n) is 13.4. The van der Waals surface area contributed by atoms with Crippen LogP contribution in [0.5, 0.6) is 0 Å². The Balaban J connectivity index is 0.00000208. The van der Waals surface area contributed by atoms with E-state index in [-0.39, 0.29) is 18.3 Å². The van der Waals surface area contributed by atoms with Gasteiger partial charge in [-0.1, -0.05) is 30.3 Å². The Hall–Kier alpha value is -1.47. The number of aromatic nitrogens is 1. The molecule has 0 atom stereocenters. The van der Waals surface area contributed by atoms with E-state index in [2.05, 4.69) is 10.3 Å². The summed E-state index contributed by atoms with van der Waals surface area (Å²) in [6.45, 7) is 1.98. The van der Waals surface area contributed by atoms with E-state index in [0.29, 0.717) is 39.1 Å². The van der Waals surface area contributed by atoms with Crippen molar-refractivity contribution in [2.75, 3.05) is 19.8 Å². The summed E-state index contributed by atoms with van der Waals surface area (Å²) in [4.78, 5) is 17.1. The van der Waals surface area contributed by atoms with E-state index in [1.54, 1.807) is 11.3 Å². The lowest BCUT2D eigenvalue weighted by Gasteiger charge is -2.34. The molecule has 2 heterocycles. The third kappa shape index (κ3) is 4.13. The van der Waals surface area contributed by atoms with Crippen LogP contribution in [0.1, 0.15) is 18.5 Å². The van der Waals surface area contributed by atoms with E-state index >= 15 is 0 Å². The summed E-state index contributed by atoms with van der Waals surface area (Å²) in [6.07, 6.45) is 1.36. The summed E-state index contributed by atoms with van der Waals surface area (Å²) in [5, 5.41) is 5.95. The molecule has 1 fully saturated rings. The predicted molar refractivity (Wildman–Crippen MR) is 98.2 cm³/mol. The molecule has 7 heteroatoms. The third-order valence-electron chi connectivity index (χ3n) is 4.32. The molecule has 3 rings (SSSR count). The fourth-order valence-corrected chi connectivity index (χ4v) is 3.57. The highest BCUT2D eigenvalue weighted by Gasteiger charge is 2.38. The lowest BCUT2D eigenvalue weighted by atomic mass is 9.79. The quantitative estimate of drug-likeness (QED) is 0.851. The second kappa shape index (κ2) is 8.58. The molecule has 0 bridgehead atoms. The maximum absolute atomic E-state index is 12.5. The number of halogens is 1. The standard InChI is InChI=1S/C17H21N3O2S.ClH/c18-12-17(6-8-22-9-7-17)16(21)19-10-14-11-23-15(20-14)13-4-2-1-3-5-13;/h1-5,11H,6-10,12,18H2,(H,19,21);1H. The summed E-state index contributed by atoms with van der Waals surface area (Å²) in [5.74, 6) is 0.0116. The van der Waals surface area contributed by atoms with Gasteiger partial charge < -0.3 is 15.8 Å². The Bertz CT molecular complexity index is 657. The molecule has 0 radical (unpaired) electrons. The van der Waals surface area contributed by atoms with Crippen LogP contribution >= 0.6 is 23.7 Å². The van der Waals surface area contributed by atoms with Gasteiger partial charge in [0.15, 0.2) is 0 Å². The molecule has 1 amide bonds. The number of thiazole rings is 1. The molecule has 1 aliphatic heterocycles. The average Bonchev–Trinajstić information content (AvgIpc) is 3.10. The van der Waals surface area contributed by atoms with Gasteiger partial charge in [-0.25, -0.2) is 4.98 Å². The molecule has 5 nitrogen and oxygen atoms in total. The van der Waals surface area contributed by atoms with Crippen molar-refractivity contribution < 1.29 is 9.53 Å². The highest BCUT2D eigenvalue weighted by atomic mass is 35.5.